The summed E-state index contributed by atoms with van der Waals surface area (Å²) in [6.07, 6.45) is 2.03. The van der Waals surface area contributed by atoms with E-state index in [1.165, 1.54) is 0 Å². The summed E-state index contributed by atoms with van der Waals surface area (Å²) in [4.78, 5) is 4.24. The molecule has 0 atom stereocenters. The van der Waals surface area contributed by atoms with Crippen LogP contribution in [-0.4, -0.2) is 11.2 Å². The molecule has 48 valence electrons. The highest BCUT2D eigenvalue weighted by atomic mass is 127. The van der Waals surface area contributed by atoms with Gasteiger partial charge in [-0.1, -0.05) is 6.07 Å². The lowest BCUT2D eigenvalue weighted by atomic mass is 10.5. The lowest BCUT2D eigenvalue weighted by Gasteiger charge is -1.92. The van der Waals surface area contributed by atoms with E-state index in [-0.39, 0.29) is 0 Å². The van der Waals surface area contributed by atoms with Crippen molar-refractivity contribution in [3.63, 3.8) is 0 Å². The first kappa shape index (κ1) is 7.34. The Morgan fingerprint density at radius 2 is 2.33 bits per heavy atom. The summed E-state index contributed by atoms with van der Waals surface area (Å²) >= 11 is 3.87. The van der Waals surface area contributed by atoms with Crippen molar-refractivity contribution in [2.75, 3.05) is 6.26 Å². The van der Waals surface area contributed by atoms with E-state index in [1.54, 1.807) is 11.8 Å². The van der Waals surface area contributed by atoms with Crippen LogP contribution in [0.5, 0.6) is 0 Å². The van der Waals surface area contributed by atoms with Crippen molar-refractivity contribution in [3.8, 4) is 0 Å². The highest BCUT2D eigenvalue weighted by Crippen LogP contribution is 2.11. The molecule has 0 N–H and O–H groups in total. The Morgan fingerprint density at radius 1 is 1.56 bits per heavy atom. The lowest BCUT2D eigenvalue weighted by Crippen LogP contribution is -1.80. The summed E-state index contributed by atoms with van der Waals surface area (Å²) < 4.78 is 1.06. The van der Waals surface area contributed by atoms with Gasteiger partial charge in [0.2, 0.25) is 0 Å². The van der Waals surface area contributed by atoms with Gasteiger partial charge in [0.05, 0.1) is 5.03 Å². The van der Waals surface area contributed by atoms with Crippen LogP contribution in [0.1, 0.15) is 0 Å². The smallest absolute Gasteiger partial charge is 0.102 e. The number of aromatic nitrogens is 1. The van der Waals surface area contributed by atoms with E-state index in [2.05, 4.69) is 27.6 Å². The molecule has 1 nitrogen and oxygen atoms in total. The third-order valence-electron chi connectivity index (χ3n) is 0.899. The molecule has 0 aliphatic heterocycles. The van der Waals surface area contributed by atoms with Crippen LogP contribution < -0.4 is 0 Å². The van der Waals surface area contributed by atoms with E-state index < -0.39 is 0 Å². The molecular weight excluding hydrogens is 245 g/mol. The topological polar surface area (TPSA) is 12.9 Å². The lowest BCUT2D eigenvalue weighted by molar-refractivity contribution is 1.10. The average molecular weight is 251 g/mol. The molecule has 0 aliphatic rings. The highest BCUT2D eigenvalue weighted by Gasteiger charge is 1.89. The van der Waals surface area contributed by atoms with Gasteiger partial charge in [-0.15, -0.1) is 11.8 Å². The maximum Gasteiger partial charge on any atom is 0.102 e. The number of rotatable bonds is 1. The minimum Gasteiger partial charge on any atom is -0.236 e. The Morgan fingerprint density at radius 3 is 2.78 bits per heavy atom. The average Bonchev–Trinajstić information content (AvgIpc) is 1.88. The maximum absolute atomic E-state index is 4.24. The van der Waals surface area contributed by atoms with Crippen molar-refractivity contribution in [2.24, 2.45) is 0 Å². The predicted molar refractivity (Wildman–Crippen MR) is 48.7 cm³/mol. The second kappa shape index (κ2) is 3.41. The molecule has 0 aromatic carbocycles. The molecular formula is C6H6INS. The second-order valence-corrected chi connectivity index (χ2v) is 3.43. The van der Waals surface area contributed by atoms with Gasteiger partial charge in [0, 0.05) is 0 Å². The van der Waals surface area contributed by atoms with Crippen molar-refractivity contribution in [1.29, 1.82) is 0 Å². The van der Waals surface area contributed by atoms with Crippen molar-refractivity contribution in [3.05, 3.63) is 21.9 Å². The molecule has 0 saturated carbocycles. The van der Waals surface area contributed by atoms with Gasteiger partial charge in [0.25, 0.3) is 0 Å². The van der Waals surface area contributed by atoms with Gasteiger partial charge in [-0.05, 0) is 41.0 Å². The zero-order chi connectivity index (χ0) is 6.69. The monoisotopic (exact) mass is 251 g/mol. The summed E-state index contributed by atoms with van der Waals surface area (Å²) in [7, 11) is 0. The molecule has 0 unspecified atom stereocenters. The number of hydrogen-bond acceptors (Lipinski definition) is 2. The van der Waals surface area contributed by atoms with Crippen LogP contribution in [0.3, 0.4) is 0 Å². The van der Waals surface area contributed by atoms with Gasteiger partial charge in [-0.2, -0.15) is 0 Å². The highest BCUT2D eigenvalue weighted by molar-refractivity contribution is 14.1. The Hall–Kier alpha value is 0.230. The van der Waals surface area contributed by atoms with Crippen LogP contribution in [0.4, 0.5) is 0 Å². The van der Waals surface area contributed by atoms with Gasteiger partial charge in [-0.25, -0.2) is 4.98 Å². The number of nitrogens with zero attached hydrogens (tertiary/aromatic N) is 1. The van der Waals surface area contributed by atoms with Gasteiger partial charge >= 0.3 is 0 Å². The van der Waals surface area contributed by atoms with Gasteiger partial charge in [-0.3, -0.25) is 0 Å². The van der Waals surface area contributed by atoms with E-state index in [4.69, 9.17) is 0 Å². The molecule has 0 spiro atoms. The van der Waals surface area contributed by atoms with Crippen LogP contribution in [-0.2, 0) is 0 Å². The molecule has 1 aromatic heterocycles. The molecule has 0 radical (unpaired) electrons. The SMILES string of the molecule is CSc1cccc(I)n1. The van der Waals surface area contributed by atoms with Crippen LogP contribution >= 0.6 is 34.4 Å². The summed E-state index contributed by atoms with van der Waals surface area (Å²) in [5, 5.41) is 1.09. The number of halogens is 1. The first-order chi connectivity index (χ1) is 4.33. The number of hydrogen-bond donors (Lipinski definition) is 0. The van der Waals surface area contributed by atoms with Crippen molar-refractivity contribution in [2.45, 2.75) is 5.03 Å². The fraction of sp³-hybridized carbons (Fsp3) is 0.167. The second-order valence-electron chi connectivity index (χ2n) is 1.50. The van der Waals surface area contributed by atoms with Crippen LogP contribution in [0.25, 0.3) is 0 Å². The van der Waals surface area contributed by atoms with Crippen molar-refractivity contribution < 1.29 is 0 Å². The fourth-order valence-electron chi connectivity index (χ4n) is 0.503. The molecule has 0 fully saturated rings. The van der Waals surface area contributed by atoms with Crippen LogP contribution in [0.2, 0.25) is 0 Å². The van der Waals surface area contributed by atoms with E-state index in [9.17, 15) is 0 Å². The van der Waals surface area contributed by atoms with Crippen molar-refractivity contribution >= 4 is 34.4 Å². The predicted octanol–water partition coefficient (Wildman–Crippen LogP) is 2.41. The fourth-order valence-corrected chi connectivity index (χ4v) is 1.54. The summed E-state index contributed by atoms with van der Waals surface area (Å²) in [5.74, 6) is 0. The first-order valence-electron chi connectivity index (χ1n) is 2.49. The van der Waals surface area contributed by atoms with Gasteiger partial charge < -0.3 is 0 Å². The van der Waals surface area contributed by atoms with Gasteiger partial charge in [0.15, 0.2) is 0 Å². The Balaban J connectivity index is 2.94. The van der Waals surface area contributed by atoms with Crippen LogP contribution in [0, 0.1) is 3.70 Å². The van der Waals surface area contributed by atoms with E-state index in [0.717, 1.165) is 8.73 Å². The minimum absolute atomic E-state index is 1.06. The Kier molecular flexibility index (Phi) is 2.78. The minimum atomic E-state index is 1.06. The maximum atomic E-state index is 4.24. The van der Waals surface area contributed by atoms with E-state index in [1.807, 2.05) is 24.5 Å². The van der Waals surface area contributed by atoms with E-state index in [0.29, 0.717) is 0 Å². The summed E-state index contributed by atoms with van der Waals surface area (Å²) in [6.45, 7) is 0. The molecule has 9 heavy (non-hydrogen) atoms. The normalized spacial score (nSPS) is 9.56. The first-order valence-corrected chi connectivity index (χ1v) is 4.80. The molecule has 3 heteroatoms. The largest absolute Gasteiger partial charge is 0.236 e. The molecule has 0 amide bonds. The zero-order valence-electron chi connectivity index (χ0n) is 4.97. The van der Waals surface area contributed by atoms with Crippen molar-refractivity contribution in [1.82, 2.24) is 4.98 Å². The number of pyridine rings is 1. The molecule has 1 heterocycles. The molecule has 0 aliphatic carbocycles. The molecule has 0 bridgehead atoms. The van der Waals surface area contributed by atoms with E-state index >= 15 is 0 Å². The summed E-state index contributed by atoms with van der Waals surface area (Å²) in [5.41, 5.74) is 0. The quantitative estimate of drug-likeness (QED) is 0.432. The third-order valence-corrected chi connectivity index (χ3v) is 2.15. The zero-order valence-corrected chi connectivity index (χ0v) is 7.94. The number of thioether (sulfide) groups is 1. The standard InChI is InChI=1S/C6H6INS/c1-9-6-4-2-3-5(7)8-6/h2-4H,1H3. The Bertz CT molecular complexity index is 202. The molecule has 0 saturated heterocycles. The third kappa shape index (κ3) is 2.14. The molecule has 1 aromatic rings. The summed E-state index contributed by atoms with van der Waals surface area (Å²) in [6, 6.07) is 6.01. The Labute approximate surface area is 72.4 Å². The van der Waals surface area contributed by atoms with Gasteiger partial charge in [0.1, 0.15) is 3.70 Å². The molecule has 1 rings (SSSR count). The van der Waals surface area contributed by atoms with Crippen LogP contribution in [0.15, 0.2) is 23.2 Å².